The molecule has 1 heterocycles. The van der Waals surface area contributed by atoms with Crippen LogP contribution in [0.15, 0.2) is 28.7 Å². The van der Waals surface area contributed by atoms with Crippen molar-refractivity contribution in [2.24, 2.45) is 0 Å². The molecule has 0 saturated heterocycles. The molecule has 0 fully saturated rings. The van der Waals surface area contributed by atoms with Gasteiger partial charge in [0.25, 0.3) is 5.91 Å². The number of carbonyl (C=O) groups is 1. The Balaban J connectivity index is 2.22. The lowest BCUT2D eigenvalue weighted by Crippen LogP contribution is -2.14. The molecule has 2 aromatic rings. The standard InChI is InChI=1S/C13H11BrClN3O/c1-7-3-4-9(6-10(7)14)17-12(19)11-5-8(2)16-13(15)18-11/h3-6H,1-2H3,(H,17,19). The first-order chi connectivity index (χ1) is 8.95. The molecule has 0 radical (unpaired) electrons. The summed E-state index contributed by atoms with van der Waals surface area (Å²) in [6.45, 7) is 3.73. The molecule has 0 bridgehead atoms. The Labute approximate surface area is 124 Å². The van der Waals surface area contributed by atoms with Crippen LogP contribution in [-0.4, -0.2) is 15.9 Å². The van der Waals surface area contributed by atoms with Crippen LogP contribution in [0.4, 0.5) is 5.69 Å². The SMILES string of the molecule is Cc1cc(C(=O)Nc2ccc(C)c(Br)c2)nc(Cl)n1. The summed E-state index contributed by atoms with van der Waals surface area (Å²) in [6.07, 6.45) is 0. The third-order valence-corrected chi connectivity index (χ3v) is 3.51. The van der Waals surface area contributed by atoms with E-state index in [1.54, 1.807) is 13.0 Å². The number of amides is 1. The highest BCUT2D eigenvalue weighted by molar-refractivity contribution is 9.10. The van der Waals surface area contributed by atoms with Crippen molar-refractivity contribution in [3.63, 3.8) is 0 Å². The quantitative estimate of drug-likeness (QED) is 0.847. The van der Waals surface area contributed by atoms with Crippen LogP contribution in [0, 0.1) is 13.8 Å². The number of nitrogens with zero attached hydrogens (tertiary/aromatic N) is 2. The van der Waals surface area contributed by atoms with E-state index in [4.69, 9.17) is 11.6 Å². The fourth-order valence-corrected chi connectivity index (χ4v) is 2.12. The molecule has 6 heteroatoms. The number of anilines is 1. The van der Waals surface area contributed by atoms with E-state index in [9.17, 15) is 4.79 Å². The van der Waals surface area contributed by atoms with Gasteiger partial charge in [-0.15, -0.1) is 0 Å². The summed E-state index contributed by atoms with van der Waals surface area (Å²) in [5.74, 6) is -0.317. The molecule has 0 aliphatic heterocycles. The number of nitrogens with one attached hydrogen (secondary N) is 1. The molecule has 4 nitrogen and oxygen atoms in total. The summed E-state index contributed by atoms with van der Waals surface area (Å²) in [5.41, 5.74) is 2.68. The minimum atomic E-state index is -0.317. The van der Waals surface area contributed by atoms with E-state index in [0.29, 0.717) is 11.4 Å². The molecule has 1 aromatic heterocycles. The highest BCUT2D eigenvalue weighted by Gasteiger charge is 2.10. The second-order valence-corrected chi connectivity index (χ2v) is 5.27. The molecule has 0 aliphatic carbocycles. The number of carbonyl (C=O) groups excluding carboxylic acids is 1. The van der Waals surface area contributed by atoms with Gasteiger partial charge >= 0.3 is 0 Å². The second kappa shape index (κ2) is 5.67. The van der Waals surface area contributed by atoms with Crippen molar-refractivity contribution < 1.29 is 4.79 Å². The predicted molar refractivity (Wildman–Crippen MR) is 78.6 cm³/mol. The molecule has 1 aromatic carbocycles. The molecule has 19 heavy (non-hydrogen) atoms. The van der Waals surface area contributed by atoms with Gasteiger partial charge in [-0.3, -0.25) is 4.79 Å². The van der Waals surface area contributed by atoms with Crippen molar-refractivity contribution in [3.05, 3.63) is 51.0 Å². The van der Waals surface area contributed by atoms with E-state index in [2.05, 4.69) is 31.2 Å². The molecule has 98 valence electrons. The Kier molecular flexibility index (Phi) is 4.17. The Morgan fingerprint density at radius 1 is 1.26 bits per heavy atom. The van der Waals surface area contributed by atoms with Crippen LogP contribution in [-0.2, 0) is 0 Å². The van der Waals surface area contributed by atoms with Crippen molar-refractivity contribution in [1.82, 2.24) is 9.97 Å². The van der Waals surface area contributed by atoms with E-state index >= 15 is 0 Å². The fourth-order valence-electron chi connectivity index (χ4n) is 1.51. The average Bonchev–Trinajstić information content (AvgIpc) is 2.32. The lowest BCUT2D eigenvalue weighted by Gasteiger charge is -2.07. The lowest BCUT2D eigenvalue weighted by atomic mass is 10.2. The predicted octanol–water partition coefficient (Wildman–Crippen LogP) is 3.76. The number of hydrogen-bond donors (Lipinski definition) is 1. The first-order valence-corrected chi connectivity index (χ1v) is 6.71. The average molecular weight is 341 g/mol. The Morgan fingerprint density at radius 3 is 2.63 bits per heavy atom. The number of benzene rings is 1. The van der Waals surface area contributed by atoms with E-state index in [-0.39, 0.29) is 16.9 Å². The van der Waals surface area contributed by atoms with Gasteiger partial charge in [-0.2, -0.15) is 0 Å². The summed E-state index contributed by atoms with van der Waals surface area (Å²) < 4.78 is 0.933. The van der Waals surface area contributed by atoms with Crippen LogP contribution in [0.3, 0.4) is 0 Å². The maximum absolute atomic E-state index is 12.0. The Hall–Kier alpha value is -1.46. The molecule has 0 saturated carbocycles. The first kappa shape index (κ1) is 14.0. The number of halogens is 2. The lowest BCUT2D eigenvalue weighted by molar-refractivity contribution is 0.102. The highest BCUT2D eigenvalue weighted by Crippen LogP contribution is 2.21. The maximum Gasteiger partial charge on any atom is 0.274 e. The number of aromatic nitrogens is 2. The number of hydrogen-bond acceptors (Lipinski definition) is 3. The highest BCUT2D eigenvalue weighted by atomic mass is 79.9. The number of rotatable bonds is 2. The van der Waals surface area contributed by atoms with Crippen molar-refractivity contribution >= 4 is 39.1 Å². The summed E-state index contributed by atoms with van der Waals surface area (Å²) in [6, 6.07) is 7.17. The van der Waals surface area contributed by atoms with Crippen LogP contribution < -0.4 is 5.32 Å². The molecule has 0 aliphatic rings. The Bertz CT molecular complexity index is 626. The zero-order chi connectivity index (χ0) is 14.0. The van der Waals surface area contributed by atoms with Gasteiger partial charge in [0.1, 0.15) is 5.69 Å². The van der Waals surface area contributed by atoms with Gasteiger partial charge < -0.3 is 5.32 Å². The van der Waals surface area contributed by atoms with Gasteiger partial charge in [0.05, 0.1) is 0 Å². The summed E-state index contributed by atoms with van der Waals surface area (Å²) in [4.78, 5) is 19.9. The molecule has 0 atom stereocenters. The van der Waals surface area contributed by atoms with Gasteiger partial charge in [-0.05, 0) is 49.2 Å². The van der Waals surface area contributed by atoms with E-state index in [1.807, 2.05) is 25.1 Å². The summed E-state index contributed by atoms with van der Waals surface area (Å²) in [7, 11) is 0. The van der Waals surface area contributed by atoms with Gasteiger partial charge in [-0.1, -0.05) is 22.0 Å². The third kappa shape index (κ3) is 3.52. The normalized spacial score (nSPS) is 10.3. The molecular formula is C13H11BrClN3O. The fraction of sp³-hybridized carbons (Fsp3) is 0.154. The zero-order valence-electron chi connectivity index (χ0n) is 10.4. The monoisotopic (exact) mass is 339 g/mol. The van der Waals surface area contributed by atoms with Crippen LogP contribution in [0.25, 0.3) is 0 Å². The smallest absolute Gasteiger partial charge is 0.274 e. The van der Waals surface area contributed by atoms with Gasteiger partial charge in [0.2, 0.25) is 5.28 Å². The molecule has 0 unspecified atom stereocenters. The Morgan fingerprint density at radius 2 is 2.00 bits per heavy atom. The summed E-state index contributed by atoms with van der Waals surface area (Å²) >= 11 is 9.15. The molecule has 1 amide bonds. The van der Waals surface area contributed by atoms with Crippen LogP contribution >= 0.6 is 27.5 Å². The van der Waals surface area contributed by atoms with E-state index in [0.717, 1.165) is 10.0 Å². The topological polar surface area (TPSA) is 54.9 Å². The van der Waals surface area contributed by atoms with Crippen molar-refractivity contribution in [2.75, 3.05) is 5.32 Å². The van der Waals surface area contributed by atoms with Crippen molar-refractivity contribution in [3.8, 4) is 0 Å². The number of aryl methyl sites for hydroxylation is 2. The van der Waals surface area contributed by atoms with E-state index in [1.165, 1.54) is 0 Å². The molecule has 1 N–H and O–H groups in total. The molecule has 2 rings (SSSR count). The van der Waals surface area contributed by atoms with Crippen molar-refractivity contribution in [1.29, 1.82) is 0 Å². The van der Waals surface area contributed by atoms with Gasteiger partial charge in [-0.25, -0.2) is 9.97 Å². The second-order valence-electron chi connectivity index (χ2n) is 4.08. The maximum atomic E-state index is 12.0. The molecule has 0 spiro atoms. The summed E-state index contributed by atoms with van der Waals surface area (Å²) in [5, 5.41) is 2.83. The zero-order valence-corrected chi connectivity index (χ0v) is 12.7. The van der Waals surface area contributed by atoms with Crippen LogP contribution in [0.1, 0.15) is 21.7 Å². The van der Waals surface area contributed by atoms with E-state index < -0.39 is 0 Å². The first-order valence-electron chi connectivity index (χ1n) is 5.54. The minimum absolute atomic E-state index is 0.0650. The van der Waals surface area contributed by atoms with Crippen molar-refractivity contribution in [2.45, 2.75) is 13.8 Å². The molecular weight excluding hydrogens is 330 g/mol. The van der Waals surface area contributed by atoms with Crippen LogP contribution in [0.5, 0.6) is 0 Å². The van der Waals surface area contributed by atoms with Crippen LogP contribution in [0.2, 0.25) is 5.28 Å². The van der Waals surface area contributed by atoms with Gasteiger partial charge in [0.15, 0.2) is 0 Å². The largest absolute Gasteiger partial charge is 0.321 e. The minimum Gasteiger partial charge on any atom is -0.321 e. The van der Waals surface area contributed by atoms with Gasteiger partial charge in [0, 0.05) is 15.9 Å². The third-order valence-electron chi connectivity index (χ3n) is 2.49.